The van der Waals surface area contributed by atoms with Crippen molar-refractivity contribution < 1.29 is 42.8 Å². The van der Waals surface area contributed by atoms with E-state index in [9.17, 15) is 28.6 Å². The highest BCUT2D eigenvalue weighted by molar-refractivity contribution is 7.59. The van der Waals surface area contributed by atoms with Gasteiger partial charge in [0.2, 0.25) is 25.1 Å². The summed E-state index contributed by atoms with van der Waals surface area (Å²) in [5.74, 6) is -3.75. The molecule has 2 aliphatic heterocycles. The number of methoxy groups -OCH3 is 3. The van der Waals surface area contributed by atoms with E-state index in [0.29, 0.717) is 24.9 Å². The molecule has 2 saturated heterocycles. The maximum atomic E-state index is 14.5. The molecule has 0 saturated carbocycles. The largest absolute Gasteiger partial charge is 0.469 e. The Hall–Kier alpha value is -2.95. The van der Waals surface area contributed by atoms with Gasteiger partial charge in [-0.2, -0.15) is 0 Å². The van der Waals surface area contributed by atoms with Gasteiger partial charge in [-0.1, -0.05) is 71.4 Å². The zero-order valence-electron chi connectivity index (χ0n) is 37.4. The smallest absolute Gasteiger partial charge is 0.315 e. The van der Waals surface area contributed by atoms with Gasteiger partial charge in [0.15, 0.2) is 0 Å². The number of nitrogens with one attached hydrogen (secondary N) is 3. The molecule has 3 rings (SSSR count). The van der Waals surface area contributed by atoms with E-state index in [1.807, 2.05) is 41.1 Å². The standard InChI is InChI=1S/C42H74N7O9P/c1-12-29(4)38(47(8)41(53)37(28(2)3)45-42(46(6)7)48-23-20-43-21-24-48)33(56-9)26-35(50)49-22-16-19-32(49)39(58-11)30(5)40(52)44-34(25-31-17-14-13-15-18-31)59(54,55)27-36(51)57-10/h13-15,17-18,28-30,32-34,37-39,42-43,45H,12,16,19-27H2,1-11H3,(H,44,52)(H,54,55)/t29-,30+,32-,33+,34+,37-,38-,39+,42?/m0/s1. The van der Waals surface area contributed by atoms with Gasteiger partial charge in [-0.25, -0.2) is 0 Å². The van der Waals surface area contributed by atoms with Crippen LogP contribution in [0.3, 0.4) is 0 Å². The Bertz CT molecular complexity index is 1530. The summed E-state index contributed by atoms with van der Waals surface area (Å²) in [6, 6.07) is 7.59. The number of likely N-dealkylation sites (tertiary alicyclic amines) is 1. The topological polar surface area (TPSA) is 182 Å². The zero-order chi connectivity index (χ0) is 44.0. The molecule has 1 aromatic carbocycles. The maximum absolute atomic E-state index is 14.5. The molecule has 1 aromatic rings. The van der Waals surface area contributed by atoms with E-state index in [-0.39, 0.29) is 42.8 Å². The lowest BCUT2D eigenvalue weighted by atomic mass is 9.89. The second-order valence-electron chi connectivity index (χ2n) is 16.8. The van der Waals surface area contributed by atoms with Crippen LogP contribution in [-0.2, 0) is 44.4 Å². The molecule has 2 aliphatic rings. The van der Waals surface area contributed by atoms with Crippen molar-refractivity contribution in [3.8, 4) is 0 Å². The van der Waals surface area contributed by atoms with Crippen LogP contribution in [0.1, 0.15) is 65.9 Å². The van der Waals surface area contributed by atoms with Crippen LogP contribution >= 0.6 is 7.37 Å². The highest BCUT2D eigenvalue weighted by Gasteiger charge is 2.44. The maximum Gasteiger partial charge on any atom is 0.315 e. The Morgan fingerprint density at radius 3 is 2.17 bits per heavy atom. The number of hydrogen-bond donors (Lipinski definition) is 4. The van der Waals surface area contributed by atoms with E-state index < -0.39 is 67.4 Å². The lowest BCUT2D eigenvalue weighted by Gasteiger charge is -2.44. The van der Waals surface area contributed by atoms with E-state index >= 15 is 0 Å². The Balaban J connectivity index is 1.82. The Labute approximate surface area is 352 Å². The van der Waals surface area contributed by atoms with Crippen LogP contribution in [0.25, 0.3) is 0 Å². The number of carbonyl (C=O) groups excluding carboxylic acids is 4. The summed E-state index contributed by atoms with van der Waals surface area (Å²) in [6.07, 6.45) is -0.194. The van der Waals surface area contributed by atoms with Crippen molar-refractivity contribution in [1.29, 1.82) is 0 Å². The molecule has 4 N–H and O–H groups in total. The van der Waals surface area contributed by atoms with Crippen LogP contribution in [0.4, 0.5) is 0 Å². The van der Waals surface area contributed by atoms with Crippen LogP contribution in [0, 0.1) is 17.8 Å². The molecule has 336 valence electrons. The second-order valence-corrected chi connectivity index (χ2v) is 19.3. The Morgan fingerprint density at radius 2 is 1.63 bits per heavy atom. The first-order valence-corrected chi connectivity index (χ1v) is 23.0. The SMILES string of the molecule is CC[C@H](C)[C@@H]([C@@H](CC(=O)N1CCC[C@H]1[C@H](OC)[C@@H](C)C(=O)N[C@@H](Cc1ccccc1)P(=O)(O)CC(=O)OC)OC)N(C)C(=O)[C@@H](NC(N(C)C)N1CCNCC1)C(C)C. The van der Waals surface area contributed by atoms with Crippen molar-refractivity contribution in [2.24, 2.45) is 17.8 Å². The third-order valence-electron chi connectivity index (χ3n) is 12.2. The van der Waals surface area contributed by atoms with Crippen molar-refractivity contribution in [3.63, 3.8) is 0 Å². The van der Waals surface area contributed by atoms with Gasteiger partial charge in [-0.05, 0) is 44.3 Å². The minimum Gasteiger partial charge on any atom is -0.469 e. The van der Waals surface area contributed by atoms with E-state index in [2.05, 4.69) is 44.3 Å². The summed E-state index contributed by atoms with van der Waals surface area (Å²) in [5, 5.41) is 9.82. The summed E-state index contributed by atoms with van der Waals surface area (Å²) < 4.78 is 30.3. The van der Waals surface area contributed by atoms with Gasteiger partial charge >= 0.3 is 5.97 Å². The predicted molar refractivity (Wildman–Crippen MR) is 229 cm³/mol. The average Bonchev–Trinajstić information content (AvgIpc) is 3.70. The molecule has 2 unspecified atom stereocenters. The van der Waals surface area contributed by atoms with Gasteiger partial charge in [0.1, 0.15) is 18.2 Å². The van der Waals surface area contributed by atoms with E-state index in [1.165, 1.54) is 7.11 Å². The summed E-state index contributed by atoms with van der Waals surface area (Å²) in [7, 11) is 5.76. The number of benzene rings is 1. The molecule has 3 amide bonds. The first-order valence-electron chi connectivity index (χ1n) is 21.1. The van der Waals surface area contributed by atoms with Gasteiger partial charge in [-0.3, -0.25) is 38.9 Å². The number of amides is 3. The molecular formula is C42H74N7O9P. The van der Waals surface area contributed by atoms with Gasteiger partial charge in [0.25, 0.3) is 0 Å². The first kappa shape index (κ1) is 50.4. The summed E-state index contributed by atoms with van der Waals surface area (Å²) in [4.78, 5) is 73.9. The van der Waals surface area contributed by atoms with Gasteiger partial charge in [0.05, 0.1) is 49.8 Å². The second kappa shape index (κ2) is 23.9. The van der Waals surface area contributed by atoms with Crippen LogP contribution in [0.5, 0.6) is 0 Å². The molecule has 2 fully saturated rings. The Morgan fingerprint density at radius 1 is 0.983 bits per heavy atom. The molecule has 16 nitrogen and oxygen atoms in total. The van der Waals surface area contributed by atoms with E-state index in [1.54, 1.807) is 48.1 Å². The molecule has 59 heavy (non-hydrogen) atoms. The van der Waals surface area contributed by atoms with Crippen molar-refractivity contribution in [3.05, 3.63) is 35.9 Å². The van der Waals surface area contributed by atoms with Crippen LogP contribution < -0.4 is 16.0 Å². The molecule has 0 spiro atoms. The highest BCUT2D eigenvalue weighted by atomic mass is 31.2. The number of likely N-dealkylation sites (N-methyl/N-ethyl adjacent to an activating group) is 1. The minimum atomic E-state index is -4.28. The zero-order valence-corrected chi connectivity index (χ0v) is 38.3. The monoisotopic (exact) mass is 852 g/mol. The van der Waals surface area contributed by atoms with Crippen LogP contribution in [0.15, 0.2) is 30.3 Å². The van der Waals surface area contributed by atoms with E-state index in [0.717, 1.165) is 39.7 Å². The molecule has 17 heteroatoms. The van der Waals surface area contributed by atoms with Gasteiger partial charge < -0.3 is 39.5 Å². The lowest BCUT2D eigenvalue weighted by molar-refractivity contribution is -0.147. The average molecular weight is 852 g/mol. The molecule has 0 aromatic heterocycles. The summed E-state index contributed by atoms with van der Waals surface area (Å²) in [6.45, 7) is 13.8. The number of nitrogens with zero attached hydrogens (tertiary/aromatic N) is 4. The van der Waals surface area contributed by atoms with E-state index in [4.69, 9.17) is 9.47 Å². The lowest BCUT2D eigenvalue weighted by Crippen LogP contribution is -2.65. The molecule has 2 heterocycles. The number of piperazine rings is 1. The summed E-state index contributed by atoms with van der Waals surface area (Å²) in [5.41, 5.74) is 0.708. The third-order valence-corrected chi connectivity index (χ3v) is 14.2. The number of esters is 1. The fourth-order valence-electron chi connectivity index (χ4n) is 8.53. The van der Waals surface area contributed by atoms with Gasteiger partial charge in [-0.15, -0.1) is 0 Å². The van der Waals surface area contributed by atoms with Crippen LogP contribution in [-0.4, -0.2) is 172 Å². The van der Waals surface area contributed by atoms with Crippen molar-refractivity contribution in [2.75, 3.05) is 81.4 Å². The predicted octanol–water partition coefficient (Wildman–Crippen LogP) is 2.40. The molecule has 0 bridgehead atoms. The number of hydrogen-bond acceptors (Lipinski definition) is 12. The summed E-state index contributed by atoms with van der Waals surface area (Å²) >= 11 is 0. The molecule has 10 atom stereocenters. The van der Waals surface area contributed by atoms with Crippen molar-refractivity contribution in [1.82, 2.24) is 35.6 Å². The fourth-order valence-corrected chi connectivity index (χ4v) is 10.1. The normalized spacial score (nSPS) is 21.5. The highest BCUT2D eigenvalue weighted by Crippen LogP contribution is 2.46. The van der Waals surface area contributed by atoms with Gasteiger partial charge in [0, 0.05) is 60.4 Å². The fraction of sp³-hybridized carbons (Fsp3) is 0.762. The third kappa shape index (κ3) is 13.8. The number of carbonyl (C=O) groups is 4. The Kier molecular flexibility index (Phi) is 20.4. The van der Waals surface area contributed by atoms with Crippen molar-refractivity contribution >= 4 is 31.1 Å². The minimum absolute atomic E-state index is 0.00246. The molecule has 0 aliphatic carbocycles. The van der Waals surface area contributed by atoms with Crippen LogP contribution in [0.2, 0.25) is 0 Å². The van der Waals surface area contributed by atoms with Crippen molar-refractivity contribution in [2.45, 2.75) is 109 Å². The number of ether oxygens (including phenoxy) is 3. The number of rotatable bonds is 23. The molecular weight excluding hydrogens is 777 g/mol. The first-order chi connectivity index (χ1) is 27.9. The quantitative estimate of drug-likeness (QED) is 0.0717. The molecule has 0 radical (unpaired) electrons.